The lowest BCUT2D eigenvalue weighted by Crippen LogP contribution is -2.32. The molecule has 0 radical (unpaired) electrons. The molecule has 1 aliphatic rings. The molecule has 14 heavy (non-hydrogen) atoms. The summed E-state index contributed by atoms with van der Waals surface area (Å²) in [5, 5.41) is 0. The van der Waals surface area contributed by atoms with Crippen LogP contribution in [0.15, 0.2) is 0 Å². The van der Waals surface area contributed by atoms with Crippen LogP contribution in [0.25, 0.3) is 0 Å². The summed E-state index contributed by atoms with van der Waals surface area (Å²) in [6, 6.07) is 0. The van der Waals surface area contributed by atoms with E-state index in [0.717, 1.165) is 19.3 Å². The van der Waals surface area contributed by atoms with Crippen molar-refractivity contribution in [2.24, 2.45) is 11.8 Å². The summed E-state index contributed by atoms with van der Waals surface area (Å²) in [5.74, 6) is 1.32. The fourth-order valence-electron chi connectivity index (χ4n) is 2.44. The molecule has 0 saturated heterocycles. The maximum absolute atomic E-state index is 12.0. The molecule has 3 atom stereocenters. The topological polar surface area (TPSA) is 26.3 Å². The van der Waals surface area contributed by atoms with Crippen LogP contribution in [0.5, 0.6) is 0 Å². The van der Waals surface area contributed by atoms with Crippen LogP contribution in [-0.2, 0) is 9.53 Å². The first kappa shape index (κ1) is 11.7. The average Bonchev–Trinajstić information content (AvgIpc) is 2.19. The zero-order valence-electron chi connectivity index (χ0n) is 9.58. The Balaban J connectivity index is 2.50. The second-order valence-corrected chi connectivity index (χ2v) is 4.50. The molecule has 0 aliphatic heterocycles. The molecule has 82 valence electrons. The third kappa shape index (κ3) is 2.81. The molecule has 0 heterocycles. The van der Waals surface area contributed by atoms with Gasteiger partial charge in [0.15, 0.2) is 5.78 Å². The summed E-state index contributed by atoms with van der Waals surface area (Å²) < 4.78 is 5.20. The van der Waals surface area contributed by atoms with Gasteiger partial charge in [0.2, 0.25) is 0 Å². The van der Waals surface area contributed by atoms with Crippen LogP contribution in [0.3, 0.4) is 0 Å². The highest BCUT2D eigenvalue weighted by atomic mass is 16.5. The maximum atomic E-state index is 12.0. The summed E-state index contributed by atoms with van der Waals surface area (Å²) in [6.45, 7) is 4.26. The zero-order valence-corrected chi connectivity index (χ0v) is 9.58. The third-order valence-corrected chi connectivity index (χ3v) is 3.31. The van der Waals surface area contributed by atoms with Gasteiger partial charge < -0.3 is 4.74 Å². The van der Waals surface area contributed by atoms with Crippen LogP contribution >= 0.6 is 0 Å². The molecule has 1 rings (SSSR count). The number of Topliss-reactive ketones (excluding diaryl/α,β-unsaturated/α-hetero) is 1. The molecule has 0 amide bonds. The molecular formula is C12H22O2. The van der Waals surface area contributed by atoms with Crippen molar-refractivity contribution < 1.29 is 9.53 Å². The number of hydrogen-bond acceptors (Lipinski definition) is 2. The Morgan fingerprint density at radius 2 is 2.21 bits per heavy atom. The van der Waals surface area contributed by atoms with Crippen molar-refractivity contribution >= 4 is 5.78 Å². The molecular weight excluding hydrogens is 176 g/mol. The van der Waals surface area contributed by atoms with Gasteiger partial charge in [-0.05, 0) is 25.2 Å². The van der Waals surface area contributed by atoms with Crippen LogP contribution in [0.4, 0.5) is 0 Å². The van der Waals surface area contributed by atoms with Crippen LogP contribution in [0.2, 0.25) is 0 Å². The summed E-state index contributed by atoms with van der Waals surface area (Å²) in [6.07, 6.45) is 5.28. The van der Waals surface area contributed by atoms with Crippen molar-refractivity contribution in [2.45, 2.75) is 52.1 Å². The Hall–Kier alpha value is -0.370. The maximum Gasteiger partial charge on any atom is 0.164 e. The van der Waals surface area contributed by atoms with Gasteiger partial charge >= 0.3 is 0 Å². The van der Waals surface area contributed by atoms with E-state index in [2.05, 4.69) is 6.92 Å². The van der Waals surface area contributed by atoms with Gasteiger partial charge in [-0.1, -0.05) is 26.7 Å². The molecule has 1 saturated carbocycles. The van der Waals surface area contributed by atoms with Crippen molar-refractivity contribution in [1.82, 2.24) is 0 Å². The summed E-state index contributed by atoms with van der Waals surface area (Å²) in [7, 11) is 1.64. The Kier molecular flexibility index (Phi) is 4.59. The predicted molar refractivity (Wildman–Crippen MR) is 57.2 cm³/mol. The van der Waals surface area contributed by atoms with Gasteiger partial charge in [-0.15, -0.1) is 0 Å². The molecule has 2 nitrogen and oxygen atoms in total. The molecule has 0 spiro atoms. The Bertz CT molecular complexity index is 185. The van der Waals surface area contributed by atoms with E-state index in [9.17, 15) is 4.79 Å². The van der Waals surface area contributed by atoms with Crippen molar-refractivity contribution in [2.75, 3.05) is 7.11 Å². The molecule has 0 bridgehead atoms. The SMILES string of the molecule is CCC(OC)C(=O)C1CCCC(C)C1. The minimum absolute atomic E-state index is 0.162. The van der Waals surface area contributed by atoms with Crippen LogP contribution in [-0.4, -0.2) is 19.0 Å². The zero-order chi connectivity index (χ0) is 10.6. The molecule has 1 fully saturated rings. The molecule has 1 aliphatic carbocycles. The van der Waals surface area contributed by atoms with Crippen LogP contribution in [0, 0.1) is 11.8 Å². The van der Waals surface area contributed by atoms with Crippen LogP contribution in [0.1, 0.15) is 46.0 Å². The monoisotopic (exact) mass is 198 g/mol. The molecule has 0 aromatic heterocycles. The van der Waals surface area contributed by atoms with Gasteiger partial charge in [0.1, 0.15) is 6.10 Å². The van der Waals surface area contributed by atoms with E-state index >= 15 is 0 Å². The lowest BCUT2D eigenvalue weighted by atomic mass is 9.79. The van der Waals surface area contributed by atoms with Gasteiger partial charge in [-0.3, -0.25) is 4.79 Å². The van der Waals surface area contributed by atoms with E-state index in [0.29, 0.717) is 11.7 Å². The Labute approximate surface area is 87.0 Å². The highest BCUT2D eigenvalue weighted by Gasteiger charge is 2.29. The highest BCUT2D eigenvalue weighted by molar-refractivity contribution is 5.85. The first-order valence-corrected chi connectivity index (χ1v) is 5.75. The quantitative estimate of drug-likeness (QED) is 0.694. The van der Waals surface area contributed by atoms with Crippen molar-refractivity contribution in [3.63, 3.8) is 0 Å². The van der Waals surface area contributed by atoms with E-state index < -0.39 is 0 Å². The van der Waals surface area contributed by atoms with E-state index in [1.54, 1.807) is 7.11 Å². The number of methoxy groups -OCH3 is 1. The van der Waals surface area contributed by atoms with Gasteiger partial charge in [-0.2, -0.15) is 0 Å². The van der Waals surface area contributed by atoms with Gasteiger partial charge in [0.25, 0.3) is 0 Å². The molecule has 0 aromatic rings. The van der Waals surface area contributed by atoms with Crippen molar-refractivity contribution in [1.29, 1.82) is 0 Å². The first-order chi connectivity index (χ1) is 6.69. The first-order valence-electron chi connectivity index (χ1n) is 5.75. The smallest absolute Gasteiger partial charge is 0.164 e. The van der Waals surface area contributed by atoms with Gasteiger partial charge in [0, 0.05) is 13.0 Å². The normalized spacial score (nSPS) is 29.9. The molecule has 0 aromatic carbocycles. The molecule has 0 N–H and O–H groups in total. The summed E-state index contributed by atoms with van der Waals surface area (Å²) in [5.41, 5.74) is 0. The number of hydrogen-bond donors (Lipinski definition) is 0. The van der Waals surface area contributed by atoms with E-state index in [1.165, 1.54) is 12.8 Å². The Morgan fingerprint density at radius 1 is 1.50 bits per heavy atom. The third-order valence-electron chi connectivity index (χ3n) is 3.31. The van der Waals surface area contributed by atoms with Gasteiger partial charge in [-0.25, -0.2) is 0 Å². The minimum Gasteiger partial charge on any atom is -0.374 e. The lowest BCUT2D eigenvalue weighted by molar-refractivity contribution is -0.134. The Morgan fingerprint density at radius 3 is 2.71 bits per heavy atom. The summed E-state index contributed by atoms with van der Waals surface area (Å²) >= 11 is 0. The minimum atomic E-state index is -0.162. The molecule has 2 heteroatoms. The summed E-state index contributed by atoms with van der Waals surface area (Å²) in [4.78, 5) is 12.0. The highest BCUT2D eigenvalue weighted by Crippen LogP contribution is 2.30. The van der Waals surface area contributed by atoms with E-state index in [-0.39, 0.29) is 12.0 Å². The number of carbonyl (C=O) groups is 1. The van der Waals surface area contributed by atoms with Crippen molar-refractivity contribution in [3.05, 3.63) is 0 Å². The average molecular weight is 198 g/mol. The molecule has 3 unspecified atom stereocenters. The standard InChI is InChI=1S/C12H22O2/c1-4-11(14-3)12(13)10-7-5-6-9(2)8-10/h9-11H,4-8H2,1-3H3. The van der Waals surface area contributed by atoms with Crippen molar-refractivity contribution in [3.8, 4) is 0 Å². The number of carbonyl (C=O) groups excluding carboxylic acids is 1. The lowest BCUT2D eigenvalue weighted by Gasteiger charge is -2.27. The number of rotatable bonds is 4. The fraction of sp³-hybridized carbons (Fsp3) is 0.917. The fourth-order valence-corrected chi connectivity index (χ4v) is 2.44. The second-order valence-electron chi connectivity index (χ2n) is 4.50. The van der Waals surface area contributed by atoms with Crippen LogP contribution < -0.4 is 0 Å². The second kappa shape index (κ2) is 5.50. The van der Waals surface area contributed by atoms with Gasteiger partial charge in [0.05, 0.1) is 0 Å². The van der Waals surface area contributed by atoms with E-state index in [4.69, 9.17) is 4.74 Å². The van der Waals surface area contributed by atoms with E-state index in [1.807, 2.05) is 6.92 Å². The number of ketones is 1. The largest absolute Gasteiger partial charge is 0.374 e. The predicted octanol–water partition coefficient (Wildman–Crippen LogP) is 2.81. The number of ether oxygens (including phenoxy) is 1.